The third-order valence-electron chi connectivity index (χ3n) is 6.00. The minimum absolute atomic E-state index is 0.0400. The van der Waals surface area contributed by atoms with Crippen LogP contribution < -0.4 is 25.3 Å². The number of rotatable bonds is 10. The molecule has 1 atom stereocenters. The maximum absolute atomic E-state index is 15.7. The van der Waals surface area contributed by atoms with Gasteiger partial charge in [-0.2, -0.15) is 9.38 Å². The fourth-order valence-corrected chi connectivity index (χ4v) is 4.02. The number of carbonyl (C=O) groups excluding carboxylic acids is 2. The van der Waals surface area contributed by atoms with E-state index in [2.05, 4.69) is 10.3 Å². The zero-order chi connectivity index (χ0) is 29.4. The smallest absolute Gasteiger partial charge is 0.279 e. The average Bonchev–Trinajstić information content (AvgIpc) is 3.12. The van der Waals surface area contributed by atoms with Gasteiger partial charge in [0.1, 0.15) is 30.0 Å². The van der Waals surface area contributed by atoms with E-state index >= 15 is 4.39 Å². The highest BCUT2D eigenvalue weighted by atomic mass is 19.1. The fraction of sp³-hybridized carbons (Fsp3) is 0.233. The summed E-state index contributed by atoms with van der Waals surface area (Å²) in [6, 6.07) is 16.5. The summed E-state index contributed by atoms with van der Waals surface area (Å²) in [6.45, 7) is 2.08. The largest absolute Gasteiger partial charge is 0.488 e. The Morgan fingerprint density at radius 1 is 1.22 bits per heavy atom. The zero-order valence-electron chi connectivity index (χ0n) is 22.7. The van der Waals surface area contributed by atoms with Crippen LogP contribution in [0.2, 0.25) is 0 Å². The molecule has 3 aromatic rings. The van der Waals surface area contributed by atoms with Gasteiger partial charge in [-0.3, -0.25) is 9.59 Å². The van der Waals surface area contributed by atoms with Crippen LogP contribution in [0.1, 0.15) is 33.2 Å². The summed E-state index contributed by atoms with van der Waals surface area (Å²) in [4.78, 5) is 31.5. The van der Waals surface area contributed by atoms with E-state index in [1.807, 2.05) is 30.3 Å². The Kier molecular flexibility index (Phi) is 9.54. The number of aliphatic hydroxyl groups is 1. The van der Waals surface area contributed by atoms with Crippen molar-refractivity contribution in [3.05, 3.63) is 95.4 Å². The summed E-state index contributed by atoms with van der Waals surface area (Å²) >= 11 is 0. The first-order valence-corrected chi connectivity index (χ1v) is 12.9. The number of nitrogens with zero attached hydrogens (tertiary/aromatic N) is 2. The number of carbonyl (C=O) groups is 2. The number of amidine groups is 1. The van der Waals surface area contributed by atoms with E-state index in [4.69, 9.17) is 19.9 Å². The highest BCUT2D eigenvalue weighted by Gasteiger charge is 2.28. The molecule has 1 unspecified atom stereocenters. The van der Waals surface area contributed by atoms with E-state index in [0.29, 0.717) is 6.54 Å². The second-order valence-corrected chi connectivity index (χ2v) is 9.19. The molecule has 0 fully saturated rings. The number of amides is 2. The Morgan fingerprint density at radius 2 is 1.98 bits per heavy atom. The van der Waals surface area contributed by atoms with Gasteiger partial charge < -0.3 is 35.3 Å². The van der Waals surface area contributed by atoms with Gasteiger partial charge in [0.05, 0.1) is 18.7 Å². The molecule has 0 saturated carbocycles. The van der Waals surface area contributed by atoms with Crippen LogP contribution in [0.25, 0.3) is 0 Å². The van der Waals surface area contributed by atoms with Crippen LogP contribution in [0.3, 0.4) is 0 Å². The number of fused-ring (bicyclic) bond motifs is 1. The first kappa shape index (κ1) is 29.1. The lowest BCUT2D eigenvalue weighted by Crippen LogP contribution is -2.31. The van der Waals surface area contributed by atoms with E-state index < -0.39 is 17.8 Å². The molecule has 1 aliphatic heterocycles. The Morgan fingerprint density at radius 3 is 2.71 bits per heavy atom. The molecule has 41 heavy (non-hydrogen) atoms. The van der Waals surface area contributed by atoms with Crippen LogP contribution in [0.4, 0.5) is 4.39 Å². The Balaban J connectivity index is 1.63. The Labute approximate surface area is 236 Å². The number of aliphatic imine (C=N–C) groups is 1. The molecule has 4 rings (SSSR count). The third kappa shape index (κ3) is 7.40. The summed E-state index contributed by atoms with van der Waals surface area (Å²) in [6.07, 6.45) is 2.33. The van der Waals surface area contributed by atoms with Gasteiger partial charge in [-0.05, 0) is 49.0 Å². The zero-order valence-corrected chi connectivity index (χ0v) is 22.7. The van der Waals surface area contributed by atoms with Crippen molar-refractivity contribution in [2.45, 2.75) is 19.6 Å². The van der Waals surface area contributed by atoms with E-state index in [-0.39, 0.29) is 65.6 Å². The fourth-order valence-electron chi connectivity index (χ4n) is 4.02. The number of hydrogen-bond donors (Lipinski definition) is 3. The lowest BCUT2D eigenvalue weighted by molar-refractivity contribution is 0.0742. The Bertz CT molecular complexity index is 1460. The lowest BCUT2D eigenvalue weighted by atomic mass is 10.1. The molecule has 1 aliphatic rings. The molecule has 11 heteroatoms. The van der Waals surface area contributed by atoms with Crippen molar-refractivity contribution in [3.63, 3.8) is 0 Å². The minimum Gasteiger partial charge on any atom is -0.488 e. The summed E-state index contributed by atoms with van der Waals surface area (Å²) in [5.41, 5.74) is 6.85. The maximum atomic E-state index is 15.7. The molecule has 0 bridgehead atoms. The van der Waals surface area contributed by atoms with Gasteiger partial charge in [-0.25, -0.2) is 0 Å². The van der Waals surface area contributed by atoms with Gasteiger partial charge in [-0.15, -0.1) is 0 Å². The summed E-state index contributed by atoms with van der Waals surface area (Å²) < 4.78 is 32.8. The first-order valence-electron chi connectivity index (χ1n) is 12.9. The predicted octanol–water partition coefficient (Wildman–Crippen LogP) is 3.64. The monoisotopic (exact) mass is 562 g/mol. The van der Waals surface area contributed by atoms with Crippen molar-refractivity contribution in [3.8, 4) is 23.0 Å². The molecule has 0 aliphatic carbocycles. The van der Waals surface area contributed by atoms with E-state index in [1.165, 1.54) is 42.6 Å². The number of nitrogens with one attached hydrogen (secondary N) is 1. The molecule has 2 amide bonds. The standard InChI is InChI=1S/C30H31FN4O6/c1-19(18-36)40-22-14-21(29(37)34-26(32)10-11-33-2)15-23(16-22)41-25-9-8-24-28(27(25)31)39-13-12-35(30(24)38)17-20-6-4-3-5-7-20/h3-11,14-16,19,33,36H,12-13,17-18H2,1-2H3,(H2,32,34,37)/b11-10-. The molecule has 0 spiro atoms. The van der Waals surface area contributed by atoms with Crippen LogP contribution >= 0.6 is 0 Å². The summed E-state index contributed by atoms with van der Waals surface area (Å²) in [5.74, 6) is -2.15. The van der Waals surface area contributed by atoms with E-state index in [0.717, 1.165) is 5.56 Å². The van der Waals surface area contributed by atoms with Gasteiger partial charge in [0.25, 0.3) is 11.8 Å². The van der Waals surface area contributed by atoms with Gasteiger partial charge in [0.15, 0.2) is 11.5 Å². The quantitative estimate of drug-likeness (QED) is 0.252. The predicted molar refractivity (Wildman–Crippen MR) is 151 cm³/mol. The molecule has 4 N–H and O–H groups in total. The number of nitrogens with two attached hydrogens (primary N) is 1. The van der Waals surface area contributed by atoms with Crippen LogP contribution in [-0.2, 0) is 6.54 Å². The molecule has 10 nitrogen and oxygen atoms in total. The molecule has 0 radical (unpaired) electrons. The number of hydrogen-bond acceptors (Lipinski definition) is 7. The average molecular weight is 563 g/mol. The second kappa shape index (κ2) is 13.4. The summed E-state index contributed by atoms with van der Waals surface area (Å²) in [5, 5.41) is 12.2. The van der Waals surface area contributed by atoms with E-state index in [9.17, 15) is 14.7 Å². The second-order valence-electron chi connectivity index (χ2n) is 9.19. The molecular weight excluding hydrogens is 531 g/mol. The number of benzene rings is 3. The number of ether oxygens (including phenoxy) is 3. The molecule has 0 aromatic heterocycles. The molecule has 3 aromatic carbocycles. The van der Waals surface area contributed by atoms with E-state index in [1.54, 1.807) is 18.9 Å². The minimum atomic E-state index is -0.861. The van der Waals surface area contributed by atoms with Crippen molar-refractivity contribution < 1.29 is 33.3 Å². The number of aliphatic hydroxyl groups excluding tert-OH is 1. The van der Waals surface area contributed by atoms with Crippen LogP contribution in [-0.4, -0.2) is 60.6 Å². The van der Waals surface area contributed by atoms with Crippen LogP contribution in [0.5, 0.6) is 23.0 Å². The number of halogens is 1. The molecule has 0 saturated heterocycles. The molecular formula is C30H31FN4O6. The van der Waals surface area contributed by atoms with Crippen molar-refractivity contribution >= 4 is 17.6 Å². The molecule has 1 heterocycles. The van der Waals surface area contributed by atoms with Gasteiger partial charge >= 0.3 is 0 Å². The first-order chi connectivity index (χ1) is 19.8. The van der Waals surface area contributed by atoms with Crippen LogP contribution in [0, 0.1) is 5.82 Å². The van der Waals surface area contributed by atoms with Gasteiger partial charge in [0, 0.05) is 25.2 Å². The SMILES string of the molecule is CN/C=C\C(N)=NC(=O)c1cc(Oc2ccc3c(c2F)OCCN(Cc2ccccc2)C3=O)cc(OC(C)CO)c1. The third-order valence-corrected chi connectivity index (χ3v) is 6.00. The normalized spacial score (nSPS) is 14.2. The summed E-state index contributed by atoms with van der Waals surface area (Å²) in [7, 11) is 1.67. The van der Waals surface area contributed by atoms with Crippen molar-refractivity contribution in [1.29, 1.82) is 0 Å². The van der Waals surface area contributed by atoms with Crippen molar-refractivity contribution in [2.75, 3.05) is 26.8 Å². The van der Waals surface area contributed by atoms with Gasteiger partial charge in [0.2, 0.25) is 5.82 Å². The van der Waals surface area contributed by atoms with Crippen LogP contribution in [0.15, 0.2) is 77.9 Å². The van der Waals surface area contributed by atoms with Gasteiger partial charge in [-0.1, -0.05) is 30.3 Å². The molecule has 214 valence electrons. The van der Waals surface area contributed by atoms with Crippen molar-refractivity contribution in [1.82, 2.24) is 10.2 Å². The maximum Gasteiger partial charge on any atom is 0.279 e. The Hall–Kier alpha value is -4.90. The topological polar surface area (TPSA) is 136 Å². The highest BCUT2D eigenvalue weighted by Crippen LogP contribution is 2.37. The van der Waals surface area contributed by atoms with Crippen molar-refractivity contribution in [2.24, 2.45) is 10.7 Å². The lowest BCUT2D eigenvalue weighted by Gasteiger charge is -2.20. The highest BCUT2D eigenvalue weighted by molar-refractivity contribution is 6.06.